The highest BCUT2D eigenvalue weighted by atomic mass is 127. The van der Waals surface area contributed by atoms with E-state index in [4.69, 9.17) is 4.74 Å². The molecule has 0 aliphatic heterocycles. The van der Waals surface area contributed by atoms with Crippen LogP contribution in [0.2, 0.25) is 0 Å². The van der Waals surface area contributed by atoms with Crippen molar-refractivity contribution in [3.8, 4) is 5.75 Å². The molecule has 0 bridgehead atoms. The minimum atomic E-state index is 0.393. The standard InChI is InChI=1S/C19H22IN3O2/c1-13-12-22-19(20)23-18(13)21-8-2-10-25-16-5-6-17-14(7-9-24)3-4-15(17)11-16/h5-6,9,11-12,14H,2-4,7-8,10H2,1H3,(H,21,22,23)/t14-/m0/s1. The second kappa shape index (κ2) is 8.60. The molecular formula is C19H22IN3O2. The van der Waals surface area contributed by atoms with E-state index in [-0.39, 0.29) is 0 Å². The molecule has 0 unspecified atom stereocenters. The number of hydrogen-bond acceptors (Lipinski definition) is 5. The maximum absolute atomic E-state index is 10.7. The quantitative estimate of drug-likeness (QED) is 0.286. The number of benzene rings is 1. The van der Waals surface area contributed by atoms with Gasteiger partial charge < -0.3 is 14.8 Å². The molecule has 5 nitrogen and oxygen atoms in total. The Morgan fingerprint density at radius 3 is 3.16 bits per heavy atom. The normalized spacial score (nSPS) is 15.7. The third-order valence-electron chi connectivity index (χ3n) is 4.52. The molecule has 0 spiro atoms. The highest BCUT2D eigenvalue weighted by Gasteiger charge is 2.22. The first-order chi connectivity index (χ1) is 12.2. The van der Waals surface area contributed by atoms with Gasteiger partial charge in [-0.3, -0.25) is 0 Å². The third kappa shape index (κ3) is 4.68. The molecule has 1 heterocycles. The minimum absolute atomic E-state index is 0.393. The van der Waals surface area contributed by atoms with E-state index in [9.17, 15) is 4.79 Å². The number of aldehydes is 1. The van der Waals surface area contributed by atoms with Crippen molar-refractivity contribution in [3.63, 3.8) is 0 Å². The van der Waals surface area contributed by atoms with Crippen LogP contribution in [0, 0.1) is 10.8 Å². The van der Waals surface area contributed by atoms with Crippen molar-refractivity contribution in [1.82, 2.24) is 9.97 Å². The molecule has 132 valence electrons. The van der Waals surface area contributed by atoms with Gasteiger partial charge in [0.05, 0.1) is 6.61 Å². The van der Waals surface area contributed by atoms with Crippen LogP contribution in [0.4, 0.5) is 5.82 Å². The van der Waals surface area contributed by atoms with Crippen molar-refractivity contribution in [2.45, 2.75) is 38.5 Å². The summed E-state index contributed by atoms with van der Waals surface area (Å²) < 4.78 is 6.62. The number of aryl methyl sites for hydroxylation is 2. The Hall–Kier alpha value is -1.70. The zero-order chi connectivity index (χ0) is 17.6. The molecule has 0 saturated heterocycles. The van der Waals surface area contributed by atoms with Gasteiger partial charge in [0.1, 0.15) is 17.9 Å². The minimum Gasteiger partial charge on any atom is -0.494 e. The zero-order valence-corrected chi connectivity index (χ0v) is 16.5. The number of carbonyl (C=O) groups is 1. The van der Waals surface area contributed by atoms with Crippen LogP contribution >= 0.6 is 22.6 Å². The number of carbonyl (C=O) groups excluding carboxylic acids is 1. The van der Waals surface area contributed by atoms with Gasteiger partial charge in [-0.15, -0.1) is 0 Å². The van der Waals surface area contributed by atoms with Crippen LogP contribution in [-0.2, 0) is 11.2 Å². The summed E-state index contributed by atoms with van der Waals surface area (Å²) in [6.45, 7) is 3.46. The number of ether oxygens (including phenoxy) is 1. The molecule has 0 amide bonds. The van der Waals surface area contributed by atoms with Crippen molar-refractivity contribution in [3.05, 3.63) is 44.9 Å². The van der Waals surface area contributed by atoms with Gasteiger partial charge in [0.25, 0.3) is 0 Å². The van der Waals surface area contributed by atoms with Gasteiger partial charge in [-0.2, -0.15) is 0 Å². The molecule has 2 aromatic rings. The molecule has 3 rings (SSSR count). The molecule has 1 aliphatic rings. The lowest BCUT2D eigenvalue weighted by Gasteiger charge is -2.11. The predicted octanol–water partition coefficient (Wildman–Crippen LogP) is 3.89. The topological polar surface area (TPSA) is 64.1 Å². The Morgan fingerprint density at radius 2 is 2.32 bits per heavy atom. The van der Waals surface area contributed by atoms with Gasteiger partial charge in [0, 0.05) is 47.3 Å². The summed E-state index contributed by atoms with van der Waals surface area (Å²) in [5.74, 6) is 2.20. The average Bonchev–Trinajstić information content (AvgIpc) is 3.00. The Bertz CT molecular complexity index is 751. The number of rotatable bonds is 8. The summed E-state index contributed by atoms with van der Waals surface area (Å²) in [7, 11) is 0. The SMILES string of the molecule is Cc1cnc(I)nc1NCCCOc1ccc2c(c1)CC[C@H]2CC=O. The van der Waals surface area contributed by atoms with Crippen LogP contribution in [0.25, 0.3) is 0 Å². The van der Waals surface area contributed by atoms with E-state index in [0.717, 1.165) is 53.1 Å². The van der Waals surface area contributed by atoms with E-state index >= 15 is 0 Å². The van der Waals surface area contributed by atoms with Gasteiger partial charge in [0.15, 0.2) is 3.83 Å². The summed E-state index contributed by atoms with van der Waals surface area (Å²) in [6, 6.07) is 6.27. The highest BCUT2D eigenvalue weighted by Crippen LogP contribution is 2.36. The van der Waals surface area contributed by atoms with E-state index in [1.807, 2.05) is 19.2 Å². The van der Waals surface area contributed by atoms with Gasteiger partial charge in [-0.25, -0.2) is 9.97 Å². The van der Waals surface area contributed by atoms with E-state index < -0.39 is 0 Å². The first-order valence-corrected chi connectivity index (χ1v) is 9.67. The number of fused-ring (bicyclic) bond motifs is 1. The van der Waals surface area contributed by atoms with Gasteiger partial charge >= 0.3 is 0 Å². The van der Waals surface area contributed by atoms with Crippen molar-refractivity contribution in [1.29, 1.82) is 0 Å². The van der Waals surface area contributed by atoms with Crippen LogP contribution in [0.15, 0.2) is 24.4 Å². The van der Waals surface area contributed by atoms with Crippen LogP contribution in [-0.4, -0.2) is 29.4 Å². The molecule has 25 heavy (non-hydrogen) atoms. The summed E-state index contributed by atoms with van der Waals surface area (Å²) in [5.41, 5.74) is 3.69. The molecule has 1 atom stereocenters. The molecular weight excluding hydrogens is 429 g/mol. The van der Waals surface area contributed by atoms with Crippen molar-refractivity contribution < 1.29 is 9.53 Å². The number of hydrogen-bond donors (Lipinski definition) is 1. The fourth-order valence-electron chi connectivity index (χ4n) is 3.20. The van der Waals surface area contributed by atoms with Crippen LogP contribution < -0.4 is 10.1 Å². The number of nitrogens with one attached hydrogen (secondary N) is 1. The predicted molar refractivity (Wildman–Crippen MR) is 106 cm³/mol. The molecule has 1 aromatic carbocycles. The molecule has 1 N–H and O–H groups in total. The third-order valence-corrected chi connectivity index (χ3v) is 5.04. The first kappa shape index (κ1) is 18.1. The lowest BCUT2D eigenvalue weighted by atomic mass is 9.99. The lowest BCUT2D eigenvalue weighted by Crippen LogP contribution is -2.10. The number of aromatic nitrogens is 2. The maximum atomic E-state index is 10.7. The Morgan fingerprint density at radius 1 is 1.44 bits per heavy atom. The van der Waals surface area contributed by atoms with E-state index in [2.05, 4.69) is 50.0 Å². The summed E-state index contributed by atoms with van der Waals surface area (Å²) >= 11 is 2.11. The largest absolute Gasteiger partial charge is 0.494 e. The van der Waals surface area contributed by atoms with Crippen molar-refractivity contribution in [2.24, 2.45) is 0 Å². The number of halogens is 1. The molecule has 6 heteroatoms. The first-order valence-electron chi connectivity index (χ1n) is 8.59. The number of nitrogens with zero attached hydrogens (tertiary/aromatic N) is 2. The average molecular weight is 451 g/mol. The number of anilines is 1. The van der Waals surface area contributed by atoms with Crippen molar-refractivity contribution >= 4 is 34.7 Å². The molecule has 0 fully saturated rings. The van der Waals surface area contributed by atoms with Crippen LogP contribution in [0.1, 0.15) is 41.9 Å². The smallest absolute Gasteiger partial charge is 0.192 e. The Labute approximate surface area is 161 Å². The van der Waals surface area contributed by atoms with E-state index in [1.54, 1.807) is 0 Å². The van der Waals surface area contributed by atoms with Gasteiger partial charge in [-0.05, 0) is 55.4 Å². The lowest BCUT2D eigenvalue weighted by molar-refractivity contribution is -0.108. The Kier molecular flexibility index (Phi) is 6.23. The second-order valence-corrected chi connectivity index (χ2v) is 7.26. The maximum Gasteiger partial charge on any atom is 0.192 e. The monoisotopic (exact) mass is 451 g/mol. The zero-order valence-electron chi connectivity index (χ0n) is 14.3. The highest BCUT2D eigenvalue weighted by molar-refractivity contribution is 14.1. The van der Waals surface area contributed by atoms with E-state index in [1.165, 1.54) is 11.1 Å². The summed E-state index contributed by atoms with van der Waals surface area (Å²) in [5, 5.41) is 3.33. The van der Waals surface area contributed by atoms with Gasteiger partial charge in [0.2, 0.25) is 0 Å². The fraction of sp³-hybridized carbons (Fsp3) is 0.421. The van der Waals surface area contributed by atoms with Gasteiger partial charge in [-0.1, -0.05) is 6.07 Å². The summed E-state index contributed by atoms with van der Waals surface area (Å²) in [6.07, 6.45) is 6.48. The second-order valence-electron chi connectivity index (χ2n) is 6.30. The Balaban J connectivity index is 1.45. The van der Waals surface area contributed by atoms with Crippen LogP contribution in [0.5, 0.6) is 5.75 Å². The summed E-state index contributed by atoms with van der Waals surface area (Å²) in [4.78, 5) is 19.3. The van der Waals surface area contributed by atoms with Crippen molar-refractivity contribution in [2.75, 3.05) is 18.5 Å². The molecule has 1 aliphatic carbocycles. The van der Waals surface area contributed by atoms with Crippen LogP contribution in [0.3, 0.4) is 0 Å². The molecule has 1 aromatic heterocycles. The molecule has 0 saturated carbocycles. The fourth-order valence-corrected chi connectivity index (χ4v) is 3.58. The molecule has 0 radical (unpaired) electrons. The van der Waals surface area contributed by atoms with E-state index in [0.29, 0.717) is 18.9 Å².